The summed E-state index contributed by atoms with van der Waals surface area (Å²) in [7, 11) is 1.67. The van der Waals surface area contributed by atoms with Crippen LogP contribution in [-0.4, -0.2) is 37.8 Å². The smallest absolute Gasteiger partial charge is 0.306 e. The van der Waals surface area contributed by atoms with Gasteiger partial charge in [-0.3, -0.25) is 4.79 Å². The fourth-order valence-corrected chi connectivity index (χ4v) is 1.43. The second-order valence-corrected chi connectivity index (χ2v) is 3.38. The molecule has 3 nitrogen and oxygen atoms in total. The zero-order chi connectivity index (χ0) is 9.23. The molecule has 0 amide bonds. The molecule has 0 bridgehead atoms. The van der Waals surface area contributed by atoms with Crippen LogP contribution in [0.15, 0.2) is 0 Å². The van der Waals surface area contributed by atoms with Crippen molar-refractivity contribution in [3.63, 3.8) is 0 Å². The normalized spacial score (nSPS) is 9.83. The minimum atomic E-state index is -0.109. The van der Waals surface area contributed by atoms with Gasteiger partial charge in [-0.2, -0.15) is 11.8 Å². The second-order valence-electron chi connectivity index (χ2n) is 2.16. The molecule has 0 atom stereocenters. The van der Waals surface area contributed by atoms with Crippen LogP contribution in [0.3, 0.4) is 0 Å². The molecule has 0 saturated heterocycles. The lowest BCUT2D eigenvalue weighted by Gasteiger charge is -2.01. The lowest BCUT2D eigenvalue weighted by Crippen LogP contribution is -2.05. The Morgan fingerprint density at radius 1 is 1.42 bits per heavy atom. The van der Waals surface area contributed by atoms with Gasteiger partial charge in [0.2, 0.25) is 0 Å². The summed E-state index contributed by atoms with van der Waals surface area (Å²) < 4.78 is 9.62. The Hall–Kier alpha value is -0.220. The second kappa shape index (κ2) is 8.87. The van der Waals surface area contributed by atoms with Gasteiger partial charge in [0.25, 0.3) is 0 Å². The largest absolute Gasteiger partial charge is 0.466 e. The number of hydrogen-bond acceptors (Lipinski definition) is 4. The molecule has 0 aliphatic rings. The third kappa shape index (κ3) is 7.88. The molecule has 0 unspecified atom stereocenters. The predicted octanol–water partition coefficient (Wildman–Crippen LogP) is 1.32. The van der Waals surface area contributed by atoms with Gasteiger partial charge in [0, 0.05) is 18.6 Å². The number of esters is 1. The van der Waals surface area contributed by atoms with E-state index < -0.39 is 0 Å². The Morgan fingerprint density at radius 2 is 2.17 bits per heavy atom. The van der Waals surface area contributed by atoms with Crippen LogP contribution < -0.4 is 0 Å². The van der Waals surface area contributed by atoms with Crippen LogP contribution in [-0.2, 0) is 14.3 Å². The number of rotatable bonds is 7. The number of thioether (sulfide) groups is 1. The van der Waals surface area contributed by atoms with Crippen LogP contribution in [0.25, 0.3) is 0 Å². The Labute approximate surface area is 77.8 Å². The molecule has 0 aliphatic heterocycles. The summed E-state index contributed by atoms with van der Waals surface area (Å²) in [4.78, 5) is 10.8. The van der Waals surface area contributed by atoms with Crippen molar-refractivity contribution in [2.75, 3.05) is 31.8 Å². The van der Waals surface area contributed by atoms with E-state index in [2.05, 4.69) is 0 Å². The zero-order valence-corrected chi connectivity index (χ0v) is 8.49. The van der Waals surface area contributed by atoms with E-state index in [4.69, 9.17) is 9.47 Å². The Kier molecular flexibility index (Phi) is 8.71. The van der Waals surface area contributed by atoms with Crippen LogP contribution in [0.4, 0.5) is 0 Å². The van der Waals surface area contributed by atoms with Crippen molar-refractivity contribution in [1.82, 2.24) is 0 Å². The van der Waals surface area contributed by atoms with Gasteiger partial charge in [0.15, 0.2) is 0 Å². The van der Waals surface area contributed by atoms with E-state index in [1.54, 1.807) is 18.9 Å². The zero-order valence-electron chi connectivity index (χ0n) is 7.67. The van der Waals surface area contributed by atoms with Gasteiger partial charge in [-0.15, -0.1) is 0 Å². The monoisotopic (exact) mass is 192 g/mol. The SMILES string of the molecule is CCOC(=O)CCSCCOC. The molecule has 0 spiro atoms. The van der Waals surface area contributed by atoms with Gasteiger partial charge in [-0.25, -0.2) is 0 Å². The first-order valence-corrected chi connectivity index (χ1v) is 5.19. The van der Waals surface area contributed by atoms with E-state index in [1.807, 2.05) is 6.92 Å². The first-order valence-electron chi connectivity index (χ1n) is 4.03. The first-order chi connectivity index (χ1) is 5.81. The molecule has 12 heavy (non-hydrogen) atoms. The Bertz CT molecular complexity index is 117. The molecule has 0 aliphatic carbocycles. The number of carbonyl (C=O) groups is 1. The van der Waals surface area contributed by atoms with Gasteiger partial charge in [0.1, 0.15) is 0 Å². The van der Waals surface area contributed by atoms with Crippen LogP contribution >= 0.6 is 11.8 Å². The van der Waals surface area contributed by atoms with Crippen molar-refractivity contribution < 1.29 is 14.3 Å². The quantitative estimate of drug-likeness (QED) is 0.450. The summed E-state index contributed by atoms with van der Waals surface area (Å²) >= 11 is 1.71. The Balaban J connectivity index is 3.03. The van der Waals surface area contributed by atoms with Crippen LogP contribution in [0, 0.1) is 0 Å². The highest BCUT2D eigenvalue weighted by atomic mass is 32.2. The third-order valence-electron chi connectivity index (χ3n) is 1.19. The topological polar surface area (TPSA) is 35.5 Å². The molecule has 0 saturated carbocycles. The lowest BCUT2D eigenvalue weighted by molar-refractivity contribution is -0.142. The van der Waals surface area contributed by atoms with E-state index in [9.17, 15) is 4.79 Å². The van der Waals surface area contributed by atoms with Crippen molar-refractivity contribution in [3.05, 3.63) is 0 Å². The summed E-state index contributed by atoms with van der Waals surface area (Å²) in [6, 6.07) is 0. The number of carbonyl (C=O) groups excluding carboxylic acids is 1. The fraction of sp³-hybridized carbons (Fsp3) is 0.875. The minimum Gasteiger partial charge on any atom is -0.466 e. The summed E-state index contributed by atoms with van der Waals surface area (Å²) in [5.41, 5.74) is 0. The highest BCUT2D eigenvalue weighted by molar-refractivity contribution is 7.99. The van der Waals surface area contributed by atoms with E-state index >= 15 is 0 Å². The lowest BCUT2D eigenvalue weighted by atomic mass is 10.5. The summed E-state index contributed by atoms with van der Waals surface area (Å²) in [5.74, 6) is 1.65. The van der Waals surface area contributed by atoms with Gasteiger partial charge in [0.05, 0.1) is 19.6 Å². The maximum atomic E-state index is 10.8. The molecular weight excluding hydrogens is 176 g/mol. The first kappa shape index (κ1) is 11.8. The molecular formula is C8H16O3S. The van der Waals surface area contributed by atoms with Crippen molar-refractivity contribution in [2.24, 2.45) is 0 Å². The van der Waals surface area contributed by atoms with Crippen LogP contribution in [0.1, 0.15) is 13.3 Å². The molecule has 0 aromatic rings. The van der Waals surface area contributed by atoms with Crippen molar-refractivity contribution in [3.8, 4) is 0 Å². The predicted molar refractivity (Wildman–Crippen MR) is 50.5 cm³/mol. The summed E-state index contributed by atoms with van der Waals surface area (Å²) in [5, 5.41) is 0. The van der Waals surface area contributed by atoms with E-state index in [0.717, 1.165) is 18.1 Å². The summed E-state index contributed by atoms with van der Waals surface area (Å²) in [6.45, 7) is 3.03. The van der Waals surface area contributed by atoms with Crippen molar-refractivity contribution in [2.45, 2.75) is 13.3 Å². The van der Waals surface area contributed by atoms with Crippen LogP contribution in [0.2, 0.25) is 0 Å². The number of hydrogen-bond donors (Lipinski definition) is 0. The van der Waals surface area contributed by atoms with Gasteiger partial charge in [-0.1, -0.05) is 0 Å². The summed E-state index contributed by atoms with van der Waals surface area (Å²) in [6.07, 6.45) is 0.502. The molecule has 0 heterocycles. The minimum absolute atomic E-state index is 0.109. The van der Waals surface area contributed by atoms with Crippen LogP contribution in [0.5, 0.6) is 0 Å². The highest BCUT2D eigenvalue weighted by Gasteiger charge is 1.99. The number of ether oxygens (including phenoxy) is 2. The Morgan fingerprint density at radius 3 is 2.75 bits per heavy atom. The molecule has 0 fully saturated rings. The maximum absolute atomic E-state index is 10.8. The van der Waals surface area contributed by atoms with Gasteiger partial charge in [-0.05, 0) is 6.92 Å². The van der Waals surface area contributed by atoms with E-state index in [0.29, 0.717) is 13.0 Å². The van der Waals surface area contributed by atoms with Crippen molar-refractivity contribution >= 4 is 17.7 Å². The molecule has 0 radical (unpaired) electrons. The molecule has 0 aromatic carbocycles. The maximum Gasteiger partial charge on any atom is 0.306 e. The fourth-order valence-electron chi connectivity index (χ4n) is 0.633. The average molecular weight is 192 g/mol. The molecule has 72 valence electrons. The molecule has 0 aromatic heterocycles. The molecule has 0 N–H and O–H groups in total. The van der Waals surface area contributed by atoms with Gasteiger partial charge >= 0.3 is 5.97 Å². The standard InChI is InChI=1S/C8H16O3S/c1-3-11-8(9)4-6-12-7-5-10-2/h3-7H2,1-2H3. The highest BCUT2D eigenvalue weighted by Crippen LogP contribution is 2.02. The molecule has 4 heteroatoms. The van der Waals surface area contributed by atoms with E-state index in [-0.39, 0.29) is 5.97 Å². The van der Waals surface area contributed by atoms with Crippen molar-refractivity contribution in [1.29, 1.82) is 0 Å². The molecule has 0 rings (SSSR count). The average Bonchev–Trinajstić information content (AvgIpc) is 2.05. The van der Waals surface area contributed by atoms with Gasteiger partial charge < -0.3 is 9.47 Å². The number of methoxy groups -OCH3 is 1. The third-order valence-corrected chi connectivity index (χ3v) is 2.14. The van der Waals surface area contributed by atoms with E-state index in [1.165, 1.54) is 0 Å².